The van der Waals surface area contributed by atoms with Crippen LogP contribution in [0.3, 0.4) is 0 Å². The maximum Gasteiger partial charge on any atom is 0.264 e. The van der Waals surface area contributed by atoms with Crippen LogP contribution in [0.15, 0.2) is 77.7 Å². The zero-order chi connectivity index (χ0) is 25.0. The zero-order valence-electron chi connectivity index (χ0n) is 19.3. The first-order chi connectivity index (χ1) is 16.8. The summed E-state index contributed by atoms with van der Waals surface area (Å²) in [6.45, 7) is 2.23. The summed E-state index contributed by atoms with van der Waals surface area (Å²) in [6, 6.07) is 20.3. The molecule has 0 bridgehead atoms. The Kier molecular flexibility index (Phi) is 7.42. The number of aryl methyl sites for hydroxylation is 1. The molecule has 182 valence electrons. The highest BCUT2D eigenvalue weighted by Crippen LogP contribution is 2.29. The summed E-state index contributed by atoms with van der Waals surface area (Å²) in [7, 11) is -4.01. The van der Waals surface area contributed by atoms with E-state index in [4.69, 9.17) is 11.6 Å². The number of hydrogen-bond donors (Lipinski definition) is 1. The van der Waals surface area contributed by atoms with Crippen LogP contribution >= 0.6 is 11.6 Å². The van der Waals surface area contributed by atoms with E-state index in [1.165, 1.54) is 12.1 Å². The summed E-state index contributed by atoms with van der Waals surface area (Å²) in [5.41, 5.74) is 2.62. The molecule has 1 heterocycles. The van der Waals surface area contributed by atoms with Gasteiger partial charge < -0.3 is 10.2 Å². The number of rotatable bonds is 8. The largest absolute Gasteiger partial charge is 0.350 e. The lowest BCUT2D eigenvalue weighted by Crippen LogP contribution is -2.41. The van der Waals surface area contributed by atoms with Crippen molar-refractivity contribution in [2.24, 2.45) is 0 Å². The van der Waals surface area contributed by atoms with Crippen LogP contribution in [0.1, 0.15) is 24.0 Å². The molecule has 1 saturated heterocycles. The summed E-state index contributed by atoms with van der Waals surface area (Å²) in [5.74, 6) is -0.368. The van der Waals surface area contributed by atoms with Crippen LogP contribution < -0.4 is 14.5 Å². The Morgan fingerprint density at radius 3 is 2.51 bits per heavy atom. The van der Waals surface area contributed by atoms with Gasteiger partial charge in [-0.2, -0.15) is 0 Å². The molecule has 1 fully saturated rings. The van der Waals surface area contributed by atoms with Crippen molar-refractivity contribution in [1.82, 2.24) is 5.32 Å². The Hall–Kier alpha value is -3.36. The molecule has 3 aromatic rings. The van der Waals surface area contributed by atoms with E-state index in [0.717, 1.165) is 22.0 Å². The fourth-order valence-corrected chi connectivity index (χ4v) is 5.79. The molecule has 0 radical (unpaired) electrons. The highest BCUT2D eigenvalue weighted by Gasteiger charge is 2.28. The third-order valence-corrected chi connectivity index (χ3v) is 7.84. The molecular formula is C26H26ClN3O4S. The number of carbonyl (C=O) groups is 2. The molecule has 4 rings (SSSR count). The molecule has 0 aliphatic carbocycles. The van der Waals surface area contributed by atoms with Crippen LogP contribution in [0.5, 0.6) is 0 Å². The number of anilines is 2. The highest BCUT2D eigenvalue weighted by atomic mass is 35.5. The van der Waals surface area contributed by atoms with E-state index in [1.807, 2.05) is 24.3 Å². The molecule has 3 aromatic carbocycles. The second-order valence-electron chi connectivity index (χ2n) is 8.35. The number of halogens is 1. The second-order valence-corrected chi connectivity index (χ2v) is 10.6. The van der Waals surface area contributed by atoms with Crippen molar-refractivity contribution in [3.05, 3.63) is 88.9 Å². The Balaban J connectivity index is 1.54. The van der Waals surface area contributed by atoms with Gasteiger partial charge in [0.2, 0.25) is 11.8 Å². The second kappa shape index (κ2) is 10.5. The maximum absolute atomic E-state index is 13.5. The molecular weight excluding hydrogens is 486 g/mol. The lowest BCUT2D eigenvalue weighted by atomic mass is 10.2. The predicted octanol–water partition coefficient (Wildman–Crippen LogP) is 4.29. The van der Waals surface area contributed by atoms with E-state index < -0.39 is 22.5 Å². The van der Waals surface area contributed by atoms with Gasteiger partial charge in [-0.1, -0.05) is 41.9 Å². The van der Waals surface area contributed by atoms with Crippen LogP contribution in [0.25, 0.3) is 0 Å². The summed E-state index contributed by atoms with van der Waals surface area (Å²) < 4.78 is 28.1. The van der Waals surface area contributed by atoms with Crippen molar-refractivity contribution in [3.63, 3.8) is 0 Å². The molecule has 0 saturated carbocycles. The monoisotopic (exact) mass is 511 g/mol. The SMILES string of the molecule is Cc1cc(Cl)ccc1N(CC(=O)NCc1cccc(N2CCCC2=O)c1)S(=O)(=O)c1ccccc1. The van der Waals surface area contributed by atoms with Gasteiger partial charge in [0.05, 0.1) is 10.6 Å². The van der Waals surface area contributed by atoms with Crippen molar-refractivity contribution in [1.29, 1.82) is 0 Å². The van der Waals surface area contributed by atoms with E-state index in [1.54, 1.807) is 48.2 Å². The molecule has 1 aliphatic rings. The summed E-state index contributed by atoms with van der Waals surface area (Å²) in [6.07, 6.45) is 1.37. The molecule has 0 unspecified atom stereocenters. The third kappa shape index (κ3) is 5.66. The topological polar surface area (TPSA) is 86.8 Å². The van der Waals surface area contributed by atoms with Gasteiger partial charge in [-0.25, -0.2) is 8.42 Å². The quantitative estimate of drug-likeness (QED) is 0.489. The third-order valence-electron chi connectivity index (χ3n) is 5.83. The van der Waals surface area contributed by atoms with E-state index in [-0.39, 0.29) is 17.3 Å². The first kappa shape index (κ1) is 24.8. The standard InChI is InChI=1S/C26H26ClN3O4S/c1-19-15-21(27)12-13-24(19)30(35(33,34)23-9-3-2-4-10-23)18-25(31)28-17-20-7-5-8-22(16-20)29-14-6-11-26(29)32/h2-5,7-10,12-13,15-16H,6,11,14,17-18H2,1H3,(H,28,31). The van der Waals surface area contributed by atoms with Crippen molar-refractivity contribution in [2.45, 2.75) is 31.2 Å². The summed E-state index contributed by atoms with van der Waals surface area (Å²) in [4.78, 5) is 26.8. The molecule has 0 aromatic heterocycles. The van der Waals surface area contributed by atoms with E-state index in [2.05, 4.69) is 5.32 Å². The average molecular weight is 512 g/mol. The molecule has 35 heavy (non-hydrogen) atoms. The Bertz CT molecular complexity index is 1350. The number of benzene rings is 3. The van der Waals surface area contributed by atoms with Gasteiger partial charge in [0.15, 0.2) is 0 Å². The molecule has 0 atom stereocenters. The van der Waals surface area contributed by atoms with Gasteiger partial charge in [0.1, 0.15) is 6.54 Å². The molecule has 0 spiro atoms. The fraction of sp³-hybridized carbons (Fsp3) is 0.231. The predicted molar refractivity (Wildman–Crippen MR) is 137 cm³/mol. The average Bonchev–Trinajstić information content (AvgIpc) is 3.28. The molecule has 2 amide bonds. The fourth-order valence-electron chi connectivity index (χ4n) is 4.06. The van der Waals surface area contributed by atoms with Crippen molar-refractivity contribution in [2.75, 3.05) is 22.3 Å². The maximum atomic E-state index is 13.5. The summed E-state index contributed by atoms with van der Waals surface area (Å²) in [5, 5.41) is 3.28. The first-order valence-electron chi connectivity index (χ1n) is 11.3. The smallest absolute Gasteiger partial charge is 0.264 e. The summed E-state index contributed by atoms with van der Waals surface area (Å²) >= 11 is 6.07. The molecule has 1 N–H and O–H groups in total. The number of hydrogen-bond acceptors (Lipinski definition) is 4. The number of nitrogens with one attached hydrogen (secondary N) is 1. The van der Waals surface area contributed by atoms with Crippen LogP contribution in [0.4, 0.5) is 11.4 Å². The highest BCUT2D eigenvalue weighted by molar-refractivity contribution is 7.92. The van der Waals surface area contributed by atoms with Crippen LogP contribution in [0, 0.1) is 6.92 Å². The zero-order valence-corrected chi connectivity index (χ0v) is 20.8. The first-order valence-corrected chi connectivity index (χ1v) is 13.1. The van der Waals surface area contributed by atoms with Gasteiger partial charge in [-0.15, -0.1) is 0 Å². The van der Waals surface area contributed by atoms with Crippen LogP contribution in [-0.2, 0) is 26.2 Å². The van der Waals surface area contributed by atoms with Crippen molar-refractivity contribution in [3.8, 4) is 0 Å². The normalized spacial score (nSPS) is 13.7. The van der Waals surface area contributed by atoms with E-state index in [0.29, 0.717) is 29.2 Å². The number of carbonyl (C=O) groups excluding carboxylic acids is 2. The lowest BCUT2D eigenvalue weighted by molar-refractivity contribution is -0.120. The minimum Gasteiger partial charge on any atom is -0.350 e. The Morgan fingerprint density at radius 1 is 1.06 bits per heavy atom. The molecule has 1 aliphatic heterocycles. The van der Waals surface area contributed by atoms with Gasteiger partial charge in [0, 0.05) is 30.2 Å². The van der Waals surface area contributed by atoms with Crippen molar-refractivity contribution < 1.29 is 18.0 Å². The number of nitrogens with zero attached hydrogens (tertiary/aromatic N) is 2. The molecule has 7 nitrogen and oxygen atoms in total. The van der Waals surface area contributed by atoms with Crippen LogP contribution in [-0.4, -0.2) is 33.3 Å². The Morgan fingerprint density at radius 2 is 1.83 bits per heavy atom. The number of amides is 2. The van der Waals surface area contributed by atoms with Crippen molar-refractivity contribution >= 4 is 44.8 Å². The minimum atomic E-state index is -4.01. The van der Waals surface area contributed by atoms with Crippen LogP contribution in [0.2, 0.25) is 5.02 Å². The molecule has 9 heteroatoms. The van der Waals surface area contributed by atoms with Gasteiger partial charge in [0.25, 0.3) is 10.0 Å². The van der Waals surface area contributed by atoms with Gasteiger partial charge in [-0.3, -0.25) is 13.9 Å². The van der Waals surface area contributed by atoms with Gasteiger partial charge >= 0.3 is 0 Å². The lowest BCUT2D eigenvalue weighted by Gasteiger charge is -2.26. The minimum absolute atomic E-state index is 0.0881. The van der Waals surface area contributed by atoms with Gasteiger partial charge in [-0.05, 0) is 66.9 Å². The Labute approximate surface area is 210 Å². The number of sulfonamides is 1. The van der Waals surface area contributed by atoms with E-state index in [9.17, 15) is 18.0 Å². The van der Waals surface area contributed by atoms with E-state index >= 15 is 0 Å².